The molecule has 22 heavy (non-hydrogen) atoms. The van der Waals surface area contributed by atoms with Crippen LogP contribution in [0, 0.1) is 6.92 Å². The van der Waals surface area contributed by atoms with E-state index in [0.29, 0.717) is 6.54 Å². The number of aromatic nitrogens is 3. The molecule has 0 aromatic carbocycles. The average Bonchev–Trinajstić information content (AvgIpc) is 2.82. The summed E-state index contributed by atoms with van der Waals surface area (Å²) in [5, 5.41) is 2.69. The van der Waals surface area contributed by atoms with Crippen molar-refractivity contribution in [3.05, 3.63) is 27.8 Å². The smallest absolute Gasteiger partial charge is 0.363 e. The maximum Gasteiger partial charge on any atom is 0.433 e. The van der Waals surface area contributed by atoms with E-state index in [2.05, 4.69) is 15.0 Å². The molecule has 0 amide bonds. The van der Waals surface area contributed by atoms with Crippen LogP contribution in [0.5, 0.6) is 0 Å². The zero-order chi connectivity index (χ0) is 16.5. The highest BCUT2D eigenvalue weighted by atomic mass is 32.1. The van der Waals surface area contributed by atoms with Crippen LogP contribution < -0.4 is 9.80 Å². The first-order valence-electron chi connectivity index (χ1n) is 6.42. The largest absolute Gasteiger partial charge is 0.433 e. The van der Waals surface area contributed by atoms with E-state index >= 15 is 0 Å². The molecule has 0 aliphatic rings. The highest BCUT2D eigenvalue weighted by Gasteiger charge is 2.34. The molecule has 0 N–H and O–H groups in total. The summed E-state index contributed by atoms with van der Waals surface area (Å²) in [7, 11) is 4.92. The molecule has 0 saturated heterocycles. The van der Waals surface area contributed by atoms with Crippen LogP contribution in [0.3, 0.4) is 0 Å². The third-order valence-electron chi connectivity index (χ3n) is 2.83. The van der Waals surface area contributed by atoms with Gasteiger partial charge in [0, 0.05) is 38.3 Å². The van der Waals surface area contributed by atoms with Crippen molar-refractivity contribution in [2.75, 3.05) is 30.9 Å². The predicted molar refractivity (Wildman–Crippen MR) is 80.3 cm³/mol. The molecule has 0 saturated carbocycles. The molecular weight excluding hydrogens is 315 g/mol. The van der Waals surface area contributed by atoms with Crippen molar-refractivity contribution in [2.45, 2.75) is 19.6 Å². The maximum atomic E-state index is 13.0. The number of hydrogen-bond donors (Lipinski definition) is 0. The van der Waals surface area contributed by atoms with Crippen LogP contribution in [-0.4, -0.2) is 36.1 Å². The van der Waals surface area contributed by atoms with Gasteiger partial charge in [-0.25, -0.2) is 9.97 Å². The van der Waals surface area contributed by atoms with E-state index in [1.165, 1.54) is 16.2 Å². The second-order valence-electron chi connectivity index (χ2n) is 5.04. The lowest BCUT2D eigenvalue weighted by Crippen LogP contribution is -2.23. The van der Waals surface area contributed by atoms with E-state index in [9.17, 15) is 13.2 Å². The summed E-state index contributed by atoms with van der Waals surface area (Å²) < 4.78 is 38.9. The van der Waals surface area contributed by atoms with Gasteiger partial charge >= 0.3 is 6.18 Å². The molecule has 9 heteroatoms. The molecule has 0 atom stereocenters. The van der Waals surface area contributed by atoms with Crippen molar-refractivity contribution < 1.29 is 13.2 Å². The van der Waals surface area contributed by atoms with E-state index in [1.807, 2.05) is 12.3 Å². The maximum absolute atomic E-state index is 13.0. The van der Waals surface area contributed by atoms with Crippen molar-refractivity contribution in [2.24, 2.45) is 0 Å². The first-order valence-corrected chi connectivity index (χ1v) is 7.30. The Morgan fingerprint density at radius 1 is 1.14 bits per heavy atom. The van der Waals surface area contributed by atoms with E-state index in [-0.39, 0.29) is 11.8 Å². The van der Waals surface area contributed by atoms with Gasteiger partial charge in [0.25, 0.3) is 0 Å². The number of aryl methyl sites for hydroxylation is 1. The highest BCUT2D eigenvalue weighted by molar-refractivity contribution is 7.09. The summed E-state index contributed by atoms with van der Waals surface area (Å²) in [6.45, 7) is 2.22. The third-order valence-corrected chi connectivity index (χ3v) is 3.78. The molecule has 2 aromatic heterocycles. The van der Waals surface area contributed by atoms with Gasteiger partial charge in [0.2, 0.25) is 5.95 Å². The molecule has 0 radical (unpaired) electrons. The monoisotopic (exact) mass is 331 g/mol. The number of alkyl halides is 3. The second kappa shape index (κ2) is 6.07. The Morgan fingerprint density at radius 3 is 2.32 bits per heavy atom. The minimum atomic E-state index is -4.51. The molecule has 5 nitrogen and oxygen atoms in total. The van der Waals surface area contributed by atoms with Crippen LogP contribution in [-0.2, 0) is 12.7 Å². The normalized spacial score (nSPS) is 11.6. The quantitative estimate of drug-likeness (QED) is 0.862. The van der Waals surface area contributed by atoms with E-state index in [4.69, 9.17) is 0 Å². The van der Waals surface area contributed by atoms with E-state index in [1.54, 1.807) is 26.0 Å². The van der Waals surface area contributed by atoms with Gasteiger partial charge < -0.3 is 9.80 Å². The number of hydrogen-bond acceptors (Lipinski definition) is 6. The molecule has 0 bridgehead atoms. The van der Waals surface area contributed by atoms with Gasteiger partial charge in [-0.3, -0.25) is 0 Å². The van der Waals surface area contributed by atoms with Gasteiger partial charge in [0.05, 0.1) is 6.54 Å². The summed E-state index contributed by atoms with van der Waals surface area (Å²) in [4.78, 5) is 15.2. The third kappa shape index (κ3) is 3.85. The summed E-state index contributed by atoms with van der Waals surface area (Å²) in [6, 6.07) is 0.935. The summed E-state index contributed by atoms with van der Waals surface area (Å²) in [6.07, 6.45) is -4.51. The van der Waals surface area contributed by atoms with Crippen LogP contribution in [0.2, 0.25) is 0 Å². The van der Waals surface area contributed by atoms with Crippen LogP contribution >= 0.6 is 11.3 Å². The lowest BCUT2D eigenvalue weighted by atomic mass is 10.3. The Bertz CT molecular complexity index is 653. The SMILES string of the molecule is Cc1csc(CN(C)c2nc(N(C)C)cc(C(F)(F)F)n2)n1. The molecule has 0 aliphatic heterocycles. The summed E-state index contributed by atoms with van der Waals surface area (Å²) >= 11 is 1.45. The van der Waals surface area contributed by atoms with Crippen LogP contribution in [0.25, 0.3) is 0 Å². The summed E-state index contributed by atoms with van der Waals surface area (Å²) in [5.74, 6) is 0.228. The Hall–Kier alpha value is -1.90. The van der Waals surface area contributed by atoms with Crippen LogP contribution in [0.15, 0.2) is 11.4 Å². The van der Waals surface area contributed by atoms with E-state index in [0.717, 1.165) is 16.8 Å². The van der Waals surface area contributed by atoms with Gasteiger partial charge in [-0.05, 0) is 6.92 Å². The van der Waals surface area contributed by atoms with Gasteiger partial charge in [0.1, 0.15) is 10.8 Å². The number of rotatable bonds is 4. The Kier molecular flexibility index (Phi) is 4.55. The molecule has 2 rings (SSSR count). The Balaban J connectivity index is 2.34. The van der Waals surface area contributed by atoms with Crippen molar-refractivity contribution in [3.8, 4) is 0 Å². The molecule has 120 valence electrons. The zero-order valence-corrected chi connectivity index (χ0v) is 13.5. The Labute approximate surface area is 130 Å². The van der Waals surface area contributed by atoms with Gasteiger partial charge in [-0.1, -0.05) is 0 Å². The predicted octanol–water partition coefficient (Wildman–Crippen LogP) is 2.96. The molecule has 0 spiro atoms. The van der Waals surface area contributed by atoms with Crippen molar-refractivity contribution in [1.29, 1.82) is 0 Å². The minimum Gasteiger partial charge on any atom is -0.363 e. The molecule has 2 aromatic rings. The molecular formula is C13H16F3N5S. The number of nitrogens with zero attached hydrogens (tertiary/aromatic N) is 5. The fraction of sp³-hybridized carbons (Fsp3) is 0.462. The fourth-order valence-electron chi connectivity index (χ4n) is 1.72. The van der Waals surface area contributed by atoms with Gasteiger partial charge in [0.15, 0.2) is 5.69 Å². The van der Waals surface area contributed by atoms with Crippen LogP contribution in [0.4, 0.5) is 24.9 Å². The van der Waals surface area contributed by atoms with Crippen molar-refractivity contribution >= 4 is 23.1 Å². The number of halogens is 3. The van der Waals surface area contributed by atoms with Crippen molar-refractivity contribution in [3.63, 3.8) is 0 Å². The molecule has 0 aliphatic carbocycles. The lowest BCUT2D eigenvalue weighted by Gasteiger charge is -2.20. The topological polar surface area (TPSA) is 45.2 Å². The van der Waals surface area contributed by atoms with Gasteiger partial charge in [-0.2, -0.15) is 18.2 Å². The van der Waals surface area contributed by atoms with Crippen molar-refractivity contribution in [1.82, 2.24) is 15.0 Å². The lowest BCUT2D eigenvalue weighted by molar-refractivity contribution is -0.141. The fourth-order valence-corrected chi connectivity index (χ4v) is 2.54. The minimum absolute atomic E-state index is 0.0198. The Morgan fingerprint density at radius 2 is 1.82 bits per heavy atom. The molecule has 0 unspecified atom stereocenters. The number of thiazole rings is 1. The standard InChI is InChI=1S/C13H16F3N5S/c1-8-7-22-11(17-8)6-21(4)12-18-9(13(14,15)16)5-10(19-12)20(2)3/h5,7H,6H2,1-4H3. The number of anilines is 2. The average molecular weight is 331 g/mol. The first kappa shape index (κ1) is 16.5. The highest BCUT2D eigenvalue weighted by Crippen LogP contribution is 2.31. The molecule has 0 fully saturated rings. The first-order chi connectivity index (χ1) is 10.2. The van der Waals surface area contributed by atoms with E-state index < -0.39 is 11.9 Å². The summed E-state index contributed by atoms with van der Waals surface area (Å²) in [5.41, 5.74) is -0.0734. The van der Waals surface area contributed by atoms with Crippen LogP contribution in [0.1, 0.15) is 16.4 Å². The zero-order valence-electron chi connectivity index (χ0n) is 12.6. The van der Waals surface area contributed by atoms with Gasteiger partial charge in [-0.15, -0.1) is 11.3 Å². The second-order valence-corrected chi connectivity index (χ2v) is 5.98. The molecule has 2 heterocycles.